The molecule has 0 saturated heterocycles. The highest BCUT2D eigenvalue weighted by molar-refractivity contribution is 8.52. The molecule has 9 heavy (non-hydrogen) atoms. The summed E-state index contributed by atoms with van der Waals surface area (Å²) in [6.07, 6.45) is 3.72. The Balaban J connectivity index is -0.000000320. The largest absolute Gasteiger partial charge is 1.00 e. The predicted molar refractivity (Wildman–Crippen MR) is 48.3 cm³/mol. The third-order valence-corrected chi connectivity index (χ3v) is 2.99. The summed E-state index contributed by atoms with van der Waals surface area (Å²) >= 11 is 9.14. The van der Waals surface area contributed by atoms with Crippen LogP contribution in [0.1, 0.15) is 29.0 Å². The second-order valence-corrected chi connectivity index (χ2v) is 7.94. The highest BCUT2D eigenvalue weighted by Gasteiger charge is 1.84. The third kappa shape index (κ3) is 8.96. The van der Waals surface area contributed by atoms with Gasteiger partial charge < -0.3 is 17.1 Å². The minimum Gasteiger partial charge on any atom is -0.838 e. The number of unbranched alkanes of at least 4 members (excludes halogenated alkanes) is 2. The standard InChI is InChI=1S/C5H13OPS2/c1-2-3-4-5-7(6,8)9/h2-5H2,1H3,(H2,6,8,9). The number of hydrogen-bond donors (Lipinski definition) is 0. The van der Waals surface area contributed by atoms with E-state index in [-0.39, 0.29) is 2.85 Å². The molecule has 1 atom stereocenters. The van der Waals surface area contributed by atoms with Crippen molar-refractivity contribution in [1.29, 1.82) is 0 Å². The molecule has 56 valence electrons. The Hall–Kier alpha value is 0.960. The highest BCUT2D eigenvalue weighted by atomic mass is 32.9. The first-order valence-electron chi connectivity index (χ1n) is 3.07. The first kappa shape index (κ1) is 9.96. The molecule has 0 amide bonds. The van der Waals surface area contributed by atoms with E-state index in [1.54, 1.807) is 0 Å². The molecule has 0 bridgehead atoms. The second kappa shape index (κ2) is 4.73. The molecule has 0 aromatic carbocycles. The maximum Gasteiger partial charge on any atom is 1.00 e. The Morgan fingerprint density at radius 1 is 1.67 bits per heavy atom. The minimum atomic E-state index is -2.53. The summed E-state index contributed by atoms with van der Waals surface area (Å²) in [4.78, 5) is 10.7. The van der Waals surface area contributed by atoms with Crippen LogP contribution in [0.5, 0.6) is 0 Å². The van der Waals surface area contributed by atoms with Crippen molar-refractivity contribution < 1.29 is 7.75 Å². The summed E-state index contributed by atoms with van der Waals surface area (Å²) in [7, 11) is 0. The van der Waals surface area contributed by atoms with Crippen LogP contribution in [0, 0.1) is 0 Å². The fraction of sp³-hybridized carbons (Fsp3) is 1.00. The lowest BCUT2D eigenvalue weighted by atomic mass is 10.3. The van der Waals surface area contributed by atoms with E-state index in [2.05, 4.69) is 31.0 Å². The second-order valence-electron chi connectivity index (χ2n) is 2.04. The monoisotopic (exact) mass is 184 g/mol. The summed E-state index contributed by atoms with van der Waals surface area (Å²) in [5.41, 5.74) is -2.53. The van der Waals surface area contributed by atoms with Crippen molar-refractivity contribution in [2.45, 2.75) is 26.2 Å². The normalized spacial score (nSPS) is 17.2. The molecule has 0 aromatic rings. The Morgan fingerprint density at radius 3 is 2.56 bits per heavy atom. The summed E-state index contributed by atoms with van der Waals surface area (Å²) in [6.45, 7) is 2.09. The van der Waals surface area contributed by atoms with Crippen molar-refractivity contribution in [3.05, 3.63) is 0 Å². The molecule has 0 aliphatic heterocycles. The predicted octanol–water partition coefficient (Wildman–Crippen LogP) is 1.62. The van der Waals surface area contributed by atoms with E-state index < -0.39 is 5.47 Å². The lowest BCUT2D eigenvalue weighted by molar-refractivity contribution is -0.154. The lowest BCUT2D eigenvalue weighted by Crippen LogP contribution is -2.00. The Bertz CT molecular complexity index is 117. The van der Waals surface area contributed by atoms with Gasteiger partial charge in [0.25, 0.3) is 0 Å². The molecule has 1 nitrogen and oxygen atoms in total. The molecule has 0 aliphatic rings. The van der Waals surface area contributed by atoms with Gasteiger partial charge in [-0.2, -0.15) is 0 Å². The van der Waals surface area contributed by atoms with E-state index in [1.165, 1.54) is 0 Å². The van der Waals surface area contributed by atoms with E-state index in [0.717, 1.165) is 19.3 Å². The van der Waals surface area contributed by atoms with Crippen LogP contribution < -0.4 is 4.89 Å². The van der Waals surface area contributed by atoms with Crippen LogP contribution >= 0.6 is 5.47 Å². The third-order valence-electron chi connectivity index (χ3n) is 1.04. The Kier molecular flexibility index (Phi) is 5.23. The van der Waals surface area contributed by atoms with Crippen molar-refractivity contribution >= 4 is 29.5 Å². The van der Waals surface area contributed by atoms with Crippen LogP contribution in [0.3, 0.4) is 0 Å². The zero-order valence-electron chi connectivity index (χ0n) is 7.50. The van der Waals surface area contributed by atoms with E-state index in [0.29, 0.717) is 6.16 Å². The molecule has 0 N–H and O–H groups in total. The van der Waals surface area contributed by atoms with Crippen molar-refractivity contribution in [2.24, 2.45) is 0 Å². The first-order chi connectivity index (χ1) is 4.06. The summed E-state index contributed by atoms with van der Waals surface area (Å²) in [6, 6.07) is 0. The molecule has 0 heterocycles. The van der Waals surface area contributed by atoms with Gasteiger partial charge in [-0.1, -0.05) is 32.3 Å². The van der Waals surface area contributed by atoms with Gasteiger partial charge in [0.1, 0.15) is 0 Å². The average molecular weight is 184 g/mol. The van der Waals surface area contributed by atoms with Crippen LogP contribution in [0.15, 0.2) is 0 Å². The number of hydrogen-bond acceptors (Lipinski definition) is 3. The molecule has 0 rings (SSSR count). The van der Waals surface area contributed by atoms with Gasteiger partial charge in [0, 0.05) is 0 Å². The van der Waals surface area contributed by atoms with E-state index in [1.807, 2.05) is 0 Å². The molecular formula is C5H13OPS2. The van der Waals surface area contributed by atoms with Gasteiger partial charge in [0.2, 0.25) is 0 Å². The molecular weight excluding hydrogens is 171 g/mol. The molecule has 0 radical (unpaired) electrons. The quantitative estimate of drug-likeness (QED) is 0.377. The van der Waals surface area contributed by atoms with Crippen molar-refractivity contribution in [2.75, 3.05) is 6.16 Å². The zero-order valence-corrected chi connectivity index (χ0v) is 8.03. The van der Waals surface area contributed by atoms with Crippen LogP contribution in [0.2, 0.25) is 0 Å². The average Bonchev–Trinajstić information content (AvgIpc) is 1.63. The van der Waals surface area contributed by atoms with Gasteiger partial charge in [-0.3, -0.25) is 5.47 Å². The van der Waals surface area contributed by atoms with Crippen LogP contribution in [-0.2, 0) is 24.1 Å². The van der Waals surface area contributed by atoms with Gasteiger partial charge in [0.15, 0.2) is 0 Å². The Labute approximate surface area is 70.1 Å². The van der Waals surface area contributed by atoms with Gasteiger partial charge in [-0.25, -0.2) is 0 Å². The SMILES string of the molecule is CCCCCP([O-])(=S)[S-].[H+].[H+]. The summed E-state index contributed by atoms with van der Waals surface area (Å²) in [5, 5.41) is 0. The fourth-order valence-corrected chi connectivity index (χ4v) is 1.94. The molecule has 4 heteroatoms. The van der Waals surface area contributed by atoms with E-state index in [9.17, 15) is 4.89 Å². The smallest absolute Gasteiger partial charge is 0.838 e. The maximum atomic E-state index is 10.7. The minimum absolute atomic E-state index is 0. The van der Waals surface area contributed by atoms with Gasteiger partial charge >= 0.3 is 2.85 Å². The lowest BCUT2D eigenvalue weighted by Gasteiger charge is -2.35. The van der Waals surface area contributed by atoms with Crippen molar-refractivity contribution in [3.8, 4) is 0 Å². The van der Waals surface area contributed by atoms with E-state index in [4.69, 9.17) is 0 Å². The summed E-state index contributed by atoms with van der Waals surface area (Å²) < 4.78 is 0. The fourth-order valence-electron chi connectivity index (χ4n) is 0.555. The van der Waals surface area contributed by atoms with Gasteiger partial charge in [-0.15, -0.1) is 11.8 Å². The summed E-state index contributed by atoms with van der Waals surface area (Å²) in [5.74, 6) is 0. The first-order valence-corrected chi connectivity index (χ1v) is 6.99. The molecule has 0 spiro atoms. The molecule has 0 fully saturated rings. The number of rotatable bonds is 4. The Morgan fingerprint density at radius 2 is 2.22 bits per heavy atom. The van der Waals surface area contributed by atoms with Crippen molar-refractivity contribution in [1.82, 2.24) is 0 Å². The van der Waals surface area contributed by atoms with E-state index >= 15 is 0 Å². The molecule has 0 aliphatic carbocycles. The molecule has 1 unspecified atom stereocenters. The zero-order chi connectivity index (χ0) is 7.33. The van der Waals surface area contributed by atoms with Crippen LogP contribution in [0.25, 0.3) is 0 Å². The maximum absolute atomic E-state index is 10.7. The van der Waals surface area contributed by atoms with Gasteiger partial charge in [-0.05, 0) is 0 Å². The van der Waals surface area contributed by atoms with Gasteiger partial charge in [0.05, 0.1) is 0 Å². The van der Waals surface area contributed by atoms with Crippen LogP contribution in [0.4, 0.5) is 0 Å². The van der Waals surface area contributed by atoms with Crippen molar-refractivity contribution in [3.63, 3.8) is 0 Å². The molecule has 0 saturated carbocycles. The van der Waals surface area contributed by atoms with Crippen LogP contribution in [-0.4, -0.2) is 6.16 Å². The highest BCUT2D eigenvalue weighted by Crippen LogP contribution is 2.33. The molecule has 0 aromatic heterocycles. The topological polar surface area (TPSA) is 23.1 Å².